The molecule has 0 saturated carbocycles. The summed E-state index contributed by atoms with van der Waals surface area (Å²) in [5.74, 6) is 0.234. The molecule has 0 unspecified atom stereocenters. The minimum atomic E-state index is -0.446. The summed E-state index contributed by atoms with van der Waals surface area (Å²) in [5.41, 5.74) is 1.16. The molecule has 0 aliphatic carbocycles. The van der Waals surface area contributed by atoms with Gasteiger partial charge in [-0.25, -0.2) is 0 Å². The molecule has 0 bridgehead atoms. The van der Waals surface area contributed by atoms with E-state index in [0.29, 0.717) is 27.4 Å². The molecule has 0 radical (unpaired) electrons. The van der Waals surface area contributed by atoms with E-state index < -0.39 is 5.97 Å². The Morgan fingerprint density at radius 2 is 1.70 bits per heavy atom. The molecule has 0 atom stereocenters. The summed E-state index contributed by atoms with van der Waals surface area (Å²) < 4.78 is 17.9. The number of carbonyl (C=O) groups excluding carboxylic acids is 2. The van der Waals surface area contributed by atoms with Crippen molar-refractivity contribution in [1.82, 2.24) is 4.57 Å². The quantitative estimate of drug-likeness (QED) is 0.630. The lowest BCUT2D eigenvalue weighted by molar-refractivity contribution is -0.141. The number of amides is 1. The van der Waals surface area contributed by atoms with E-state index in [2.05, 4.69) is 4.99 Å². The van der Waals surface area contributed by atoms with Crippen LogP contribution in [0.2, 0.25) is 0 Å². The highest BCUT2D eigenvalue weighted by Crippen LogP contribution is 2.33. The number of benzene rings is 2. The van der Waals surface area contributed by atoms with Gasteiger partial charge in [0, 0.05) is 17.7 Å². The van der Waals surface area contributed by atoms with Gasteiger partial charge in [-0.1, -0.05) is 29.5 Å². The molecule has 1 heterocycles. The zero-order valence-corrected chi connectivity index (χ0v) is 15.9. The lowest BCUT2D eigenvalue weighted by atomic mass is 10.2. The fraction of sp³-hybridized carbons (Fsp3) is 0.211. The average molecular weight is 386 g/mol. The summed E-state index contributed by atoms with van der Waals surface area (Å²) in [5, 5.41) is 0. The maximum absolute atomic E-state index is 12.5. The number of ether oxygens (including phenoxy) is 3. The molecule has 27 heavy (non-hydrogen) atoms. The Bertz CT molecular complexity index is 1050. The van der Waals surface area contributed by atoms with E-state index in [1.54, 1.807) is 48.1 Å². The summed E-state index contributed by atoms with van der Waals surface area (Å²) in [6.07, 6.45) is 0. The van der Waals surface area contributed by atoms with Crippen LogP contribution in [0.4, 0.5) is 0 Å². The average Bonchev–Trinajstić information content (AvgIpc) is 3.03. The molecule has 3 aromatic rings. The first-order valence-electron chi connectivity index (χ1n) is 8.03. The number of aromatic nitrogens is 1. The van der Waals surface area contributed by atoms with Gasteiger partial charge in [0.1, 0.15) is 6.54 Å². The Labute approximate surface area is 159 Å². The lowest BCUT2D eigenvalue weighted by Gasteiger charge is -2.09. The van der Waals surface area contributed by atoms with Gasteiger partial charge in [0.05, 0.1) is 31.5 Å². The maximum atomic E-state index is 12.5. The third-order valence-corrected chi connectivity index (χ3v) is 4.96. The smallest absolute Gasteiger partial charge is 0.325 e. The van der Waals surface area contributed by atoms with E-state index in [9.17, 15) is 9.59 Å². The predicted octanol–water partition coefficient (Wildman–Crippen LogP) is 2.63. The molecule has 0 saturated heterocycles. The summed E-state index contributed by atoms with van der Waals surface area (Å²) in [4.78, 5) is 29.0. The van der Waals surface area contributed by atoms with Crippen molar-refractivity contribution < 1.29 is 23.8 Å². The molecule has 7 nitrogen and oxygen atoms in total. The van der Waals surface area contributed by atoms with Crippen LogP contribution >= 0.6 is 11.3 Å². The standard InChI is InChI=1S/C19H18N2O5S/c1-24-14-9-13-16(10-15(14)25-2)27-19(21(13)11-17(22)26-3)20-18(23)12-7-5-4-6-8-12/h4-10H,11H2,1-3H3. The summed E-state index contributed by atoms with van der Waals surface area (Å²) in [6.45, 7) is -0.0765. The van der Waals surface area contributed by atoms with E-state index in [1.807, 2.05) is 6.07 Å². The molecule has 1 amide bonds. The molecule has 0 aliphatic rings. The van der Waals surface area contributed by atoms with Crippen LogP contribution in [-0.4, -0.2) is 37.8 Å². The molecule has 8 heteroatoms. The zero-order chi connectivity index (χ0) is 19.4. The van der Waals surface area contributed by atoms with Crippen LogP contribution in [0.15, 0.2) is 47.5 Å². The Morgan fingerprint density at radius 3 is 2.33 bits per heavy atom. The zero-order valence-electron chi connectivity index (χ0n) is 15.1. The van der Waals surface area contributed by atoms with Gasteiger partial charge in [-0.05, 0) is 12.1 Å². The van der Waals surface area contributed by atoms with E-state index in [1.165, 1.54) is 25.6 Å². The topological polar surface area (TPSA) is 79.1 Å². The van der Waals surface area contributed by atoms with Crippen molar-refractivity contribution in [3.63, 3.8) is 0 Å². The first-order valence-corrected chi connectivity index (χ1v) is 8.85. The number of fused-ring (bicyclic) bond motifs is 1. The van der Waals surface area contributed by atoms with E-state index >= 15 is 0 Å². The molecular formula is C19H18N2O5S. The second kappa shape index (κ2) is 8.05. The van der Waals surface area contributed by atoms with Gasteiger partial charge in [0.2, 0.25) is 0 Å². The van der Waals surface area contributed by atoms with E-state index in [-0.39, 0.29) is 12.5 Å². The van der Waals surface area contributed by atoms with Crippen LogP contribution in [0, 0.1) is 0 Å². The van der Waals surface area contributed by atoms with Gasteiger partial charge >= 0.3 is 5.97 Å². The first kappa shape index (κ1) is 18.7. The van der Waals surface area contributed by atoms with E-state index in [0.717, 1.165) is 4.70 Å². The van der Waals surface area contributed by atoms with Crippen LogP contribution in [0.1, 0.15) is 10.4 Å². The highest BCUT2D eigenvalue weighted by atomic mass is 32.1. The first-order chi connectivity index (χ1) is 13.1. The van der Waals surface area contributed by atoms with Gasteiger partial charge < -0.3 is 18.8 Å². The Balaban J connectivity index is 2.21. The Hall–Kier alpha value is -3.13. The number of nitrogens with zero attached hydrogens (tertiary/aromatic N) is 2. The van der Waals surface area contributed by atoms with Crippen molar-refractivity contribution in [3.8, 4) is 11.5 Å². The Kier molecular flexibility index (Phi) is 5.56. The molecular weight excluding hydrogens is 368 g/mol. The monoisotopic (exact) mass is 386 g/mol. The maximum Gasteiger partial charge on any atom is 0.325 e. The van der Waals surface area contributed by atoms with Gasteiger partial charge in [-0.3, -0.25) is 9.59 Å². The molecule has 2 aromatic carbocycles. The Morgan fingerprint density at radius 1 is 1.04 bits per heavy atom. The minimum absolute atomic E-state index is 0.0765. The number of methoxy groups -OCH3 is 3. The van der Waals surface area contributed by atoms with Gasteiger partial charge in [-0.2, -0.15) is 4.99 Å². The number of thiazole rings is 1. The third-order valence-electron chi connectivity index (χ3n) is 3.92. The number of rotatable bonds is 5. The highest BCUT2D eigenvalue weighted by Gasteiger charge is 2.16. The van der Waals surface area contributed by atoms with Crippen molar-refractivity contribution in [2.45, 2.75) is 6.54 Å². The summed E-state index contributed by atoms with van der Waals surface area (Å²) in [7, 11) is 4.39. The molecule has 0 fully saturated rings. The van der Waals surface area contributed by atoms with Crippen LogP contribution in [0.5, 0.6) is 11.5 Å². The van der Waals surface area contributed by atoms with Crippen LogP contribution in [-0.2, 0) is 16.1 Å². The summed E-state index contributed by atoms with van der Waals surface area (Å²) >= 11 is 1.28. The van der Waals surface area contributed by atoms with Gasteiger partial charge in [0.25, 0.3) is 5.91 Å². The van der Waals surface area contributed by atoms with Crippen molar-refractivity contribution in [1.29, 1.82) is 0 Å². The predicted molar refractivity (Wildman–Crippen MR) is 101 cm³/mol. The molecule has 0 spiro atoms. The lowest BCUT2D eigenvalue weighted by Crippen LogP contribution is -2.22. The van der Waals surface area contributed by atoms with Gasteiger partial charge in [-0.15, -0.1) is 0 Å². The minimum Gasteiger partial charge on any atom is -0.493 e. The van der Waals surface area contributed by atoms with Crippen molar-refractivity contribution in [3.05, 3.63) is 52.8 Å². The normalized spacial score (nSPS) is 11.4. The second-order valence-corrected chi connectivity index (χ2v) is 6.51. The van der Waals surface area contributed by atoms with Crippen molar-refractivity contribution in [2.24, 2.45) is 4.99 Å². The molecule has 3 rings (SSSR count). The van der Waals surface area contributed by atoms with Crippen LogP contribution in [0.3, 0.4) is 0 Å². The van der Waals surface area contributed by atoms with Crippen molar-refractivity contribution in [2.75, 3.05) is 21.3 Å². The number of hydrogen-bond acceptors (Lipinski definition) is 6. The molecule has 1 aromatic heterocycles. The van der Waals surface area contributed by atoms with E-state index in [4.69, 9.17) is 14.2 Å². The number of esters is 1. The van der Waals surface area contributed by atoms with Gasteiger partial charge in [0.15, 0.2) is 16.3 Å². The fourth-order valence-electron chi connectivity index (χ4n) is 2.56. The SMILES string of the molecule is COC(=O)Cn1c(=NC(=O)c2ccccc2)sc2cc(OC)c(OC)cc21. The second-order valence-electron chi connectivity index (χ2n) is 5.50. The number of carbonyl (C=O) groups is 2. The molecule has 0 N–H and O–H groups in total. The summed E-state index contributed by atoms with van der Waals surface area (Å²) in [6, 6.07) is 12.3. The molecule has 0 aliphatic heterocycles. The van der Waals surface area contributed by atoms with Crippen molar-refractivity contribution >= 4 is 33.4 Å². The largest absolute Gasteiger partial charge is 0.493 e. The molecule has 140 valence electrons. The fourth-order valence-corrected chi connectivity index (χ4v) is 3.60. The van der Waals surface area contributed by atoms with Crippen LogP contribution < -0.4 is 14.3 Å². The third kappa shape index (κ3) is 3.85. The van der Waals surface area contributed by atoms with Crippen LogP contribution in [0.25, 0.3) is 10.2 Å². The highest BCUT2D eigenvalue weighted by molar-refractivity contribution is 7.16. The number of hydrogen-bond donors (Lipinski definition) is 0.